The summed E-state index contributed by atoms with van der Waals surface area (Å²) < 4.78 is 0. The van der Waals surface area contributed by atoms with Gasteiger partial charge in [0.05, 0.1) is 0 Å². The fourth-order valence-electron chi connectivity index (χ4n) is 3.48. The molecule has 4 rings (SSSR count). The van der Waals surface area contributed by atoms with Gasteiger partial charge in [0.2, 0.25) is 0 Å². The number of hydrogen-bond acceptors (Lipinski definition) is 2. The fraction of sp³-hybridized carbons (Fsp3) is 0.143. The van der Waals surface area contributed by atoms with Crippen molar-refractivity contribution in [2.45, 2.75) is 13.3 Å². The number of rotatable bonds is 1. The van der Waals surface area contributed by atoms with Crippen LogP contribution in [0.3, 0.4) is 0 Å². The lowest BCUT2D eigenvalue weighted by Gasteiger charge is -2.21. The van der Waals surface area contributed by atoms with Crippen LogP contribution in [0.15, 0.2) is 54.6 Å². The molecule has 3 aromatic carbocycles. The second-order valence-electron chi connectivity index (χ2n) is 6.25. The smallest absolute Gasteiger partial charge is 0.124 e. The van der Waals surface area contributed by atoms with Gasteiger partial charge in [-0.15, -0.1) is 0 Å². The number of benzene rings is 3. The van der Waals surface area contributed by atoms with E-state index in [9.17, 15) is 10.2 Å². The summed E-state index contributed by atoms with van der Waals surface area (Å²) in [6, 6.07) is 15.3. The van der Waals surface area contributed by atoms with Crippen LogP contribution in [0.4, 0.5) is 0 Å². The summed E-state index contributed by atoms with van der Waals surface area (Å²) in [6.45, 7) is 2.18. The Kier molecular flexibility index (Phi) is 3.12. The lowest BCUT2D eigenvalue weighted by atomic mass is 9.84. The lowest BCUT2D eigenvalue weighted by molar-refractivity contribution is 0.469. The second-order valence-corrected chi connectivity index (χ2v) is 6.25. The topological polar surface area (TPSA) is 40.5 Å². The van der Waals surface area contributed by atoms with Gasteiger partial charge in [0.15, 0.2) is 0 Å². The highest BCUT2D eigenvalue weighted by atomic mass is 16.3. The van der Waals surface area contributed by atoms with E-state index in [0.717, 1.165) is 28.3 Å². The molecule has 1 aliphatic rings. The molecule has 2 nitrogen and oxygen atoms in total. The molecule has 1 unspecified atom stereocenters. The molecule has 0 saturated heterocycles. The zero-order valence-corrected chi connectivity index (χ0v) is 13.0. The van der Waals surface area contributed by atoms with E-state index >= 15 is 0 Å². The third-order valence-corrected chi connectivity index (χ3v) is 4.60. The van der Waals surface area contributed by atoms with E-state index in [4.69, 9.17) is 0 Å². The number of allylic oxidation sites excluding steroid dienone is 1. The molecule has 114 valence electrons. The molecule has 0 amide bonds. The normalized spacial score (nSPS) is 16.5. The molecule has 1 aliphatic carbocycles. The quantitative estimate of drug-likeness (QED) is 0.654. The molecule has 0 bridgehead atoms. The molecule has 0 aromatic heterocycles. The van der Waals surface area contributed by atoms with Gasteiger partial charge in [-0.3, -0.25) is 0 Å². The van der Waals surface area contributed by atoms with Crippen LogP contribution in [0.5, 0.6) is 11.5 Å². The minimum absolute atomic E-state index is 0.194. The van der Waals surface area contributed by atoms with Crippen molar-refractivity contribution < 1.29 is 10.2 Å². The Bertz CT molecular complexity index is 938. The Hall–Kier alpha value is -2.74. The maximum Gasteiger partial charge on any atom is 0.124 e. The van der Waals surface area contributed by atoms with Crippen molar-refractivity contribution >= 4 is 16.8 Å². The first-order valence-corrected chi connectivity index (χ1v) is 7.89. The van der Waals surface area contributed by atoms with Gasteiger partial charge in [-0.1, -0.05) is 55.5 Å². The van der Waals surface area contributed by atoms with Crippen LogP contribution >= 0.6 is 0 Å². The van der Waals surface area contributed by atoms with Gasteiger partial charge in [0.1, 0.15) is 11.5 Å². The van der Waals surface area contributed by atoms with Crippen molar-refractivity contribution in [2.75, 3.05) is 0 Å². The van der Waals surface area contributed by atoms with Crippen LogP contribution in [-0.4, -0.2) is 10.2 Å². The molecule has 2 heteroatoms. The van der Waals surface area contributed by atoms with Crippen molar-refractivity contribution in [3.05, 3.63) is 65.7 Å². The standard InChI is InChI=1S/C21H18O2/c1-13-6-9-17-15(12-13)8-11-19(23)21(17)20-16-5-3-2-4-14(16)7-10-18(20)22/h2-11,13,22-23H,12H2,1H3. The summed E-state index contributed by atoms with van der Waals surface area (Å²) >= 11 is 0. The zero-order valence-electron chi connectivity index (χ0n) is 13.0. The van der Waals surface area contributed by atoms with Crippen LogP contribution in [0.1, 0.15) is 18.1 Å². The Balaban J connectivity index is 2.10. The van der Waals surface area contributed by atoms with Gasteiger partial charge >= 0.3 is 0 Å². The zero-order chi connectivity index (χ0) is 16.0. The number of fused-ring (bicyclic) bond motifs is 2. The van der Waals surface area contributed by atoms with E-state index in [1.54, 1.807) is 12.1 Å². The first-order valence-electron chi connectivity index (χ1n) is 7.89. The largest absolute Gasteiger partial charge is 0.507 e. The predicted octanol–water partition coefficient (Wildman–Crippen LogP) is 5.12. The average Bonchev–Trinajstić information content (AvgIpc) is 2.56. The second kappa shape index (κ2) is 5.17. The molecule has 3 aromatic rings. The monoisotopic (exact) mass is 302 g/mol. The summed E-state index contributed by atoms with van der Waals surface area (Å²) in [7, 11) is 0. The van der Waals surface area contributed by atoms with Crippen LogP contribution < -0.4 is 0 Å². The molecule has 0 aliphatic heterocycles. The maximum absolute atomic E-state index is 10.5. The maximum atomic E-state index is 10.5. The highest BCUT2D eigenvalue weighted by Crippen LogP contribution is 2.45. The Labute approximate surface area is 135 Å². The highest BCUT2D eigenvalue weighted by Gasteiger charge is 2.21. The first kappa shape index (κ1) is 13.9. The van der Waals surface area contributed by atoms with E-state index in [-0.39, 0.29) is 11.5 Å². The van der Waals surface area contributed by atoms with Gasteiger partial charge in [-0.05, 0) is 46.4 Å². The molecule has 0 saturated carbocycles. The molecule has 0 spiro atoms. The van der Waals surface area contributed by atoms with Crippen molar-refractivity contribution in [3.8, 4) is 22.6 Å². The van der Waals surface area contributed by atoms with Crippen molar-refractivity contribution in [1.82, 2.24) is 0 Å². The van der Waals surface area contributed by atoms with Crippen LogP contribution in [0.25, 0.3) is 28.0 Å². The number of phenolic OH excluding ortho intramolecular Hbond substituents is 2. The van der Waals surface area contributed by atoms with Crippen molar-refractivity contribution in [1.29, 1.82) is 0 Å². The summed E-state index contributed by atoms with van der Waals surface area (Å²) in [5.41, 5.74) is 3.64. The van der Waals surface area contributed by atoms with E-state index in [2.05, 4.69) is 19.1 Å². The fourth-order valence-corrected chi connectivity index (χ4v) is 3.48. The Morgan fingerprint density at radius 2 is 1.61 bits per heavy atom. The summed E-state index contributed by atoms with van der Waals surface area (Å²) in [5.74, 6) is 0.884. The molecule has 23 heavy (non-hydrogen) atoms. The Morgan fingerprint density at radius 1 is 0.870 bits per heavy atom. The number of phenols is 2. The van der Waals surface area contributed by atoms with Crippen molar-refractivity contribution in [3.63, 3.8) is 0 Å². The van der Waals surface area contributed by atoms with Gasteiger partial charge in [0, 0.05) is 11.1 Å². The summed E-state index contributed by atoms with van der Waals surface area (Å²) in [6.07, 6.45) is 5.18. The number of aromatic hydroxyl groups is 2. The predicted molar refractivity (Wildman–Crippen MR) is 94.6 cm³/mol. The molecule has 2 N–H and O–H groups in total. The van der Waals surface area contributed by atoms with Crippen LogP contribution in [0.2, 0.25) is 0 Å². The van der Waals surface area contributed by atoms with Gasteiger partial charge in [-0.2, -0.15) is 0 Å². The summed E-state index contributed by atoms with van der Waals surface area (Å²) in [5, 5.41) is 23.0. The highest BCUT2D eigenvalue weighted by molar-refractivity contribution is 6.03. The van der Waals surface area contributed by atoms with Gasteiger partial charge < -0.3 is 10.2 Å². The van der Waals surface area contributed by atoms with Gasteiger partial charge in [0.25, 0.3) is 0 Å². The average molecular weight is 302 g/mol. The third-order valence-electron chi connectivity index (χ3n) is 4.60. The van der Waals surface area contributed by atoms with Crippen molar-refractivity contribution in [2.24, 2.45) is 5.92 Å². The Morgan fingerprint density at radius 3 is 2.48 bits per heavy atom. The molecular formula is C21H18O2. The minimum atomic E-state index is 0.194. The third kappa shape index (κ3) is 2.18. The summed E-state index contributed by atoms with van der Waals surface area (Å²) in [4.78, 5) is 0. The molecule has 0 fully saturated rings. The van der Waals surface area contributed by atoms with E-state index < -0.39 is 0 Å². The van der Waals surface area contributed by atoms with E-state index in [0.29, 0.717) is 11.5 Å². The molecular weight excluding hydrogens is 284 g/mol. The molecule has 0 heterocycles. The lowest BCUT2D eigenvalue weighted by Crippen LogP contribution is -2.04. The van der Waals surface area contributed by atoms with Crippen LogP contribution in [0, 0.1) is 5.92 Å². The number of hydrogen-bond donors (Lipinski definition) is 2. The SMILES string of the molecule is CC1C=Cc2c(ccc(O)c2-c2c(O)ccc3ccccc23)C1. The minimum Gasteiger partial charge on any atom is -0.507 e. The van der Waals surface area contributed by atoms with E-state index in [1.807, 2.05) is 36.4 Å². The molecule has 0 radical (unpaired) electrons. The van der Waals surface area contributed by atoms with E-state index in [1.165, 1.54) is 5.56 Å². The molecule has 1 atom stereocenters. The van der Waals surface area contributed by atoms with Crippen LogP contribution in [-0.2, 0) is 6.42 Å². The first-order chi connectivity index (χ1) is 11.1. The van der Waals surface area contributed by atoms with Gasteiger partial charge in [-0.25, -0.2) is 0 Å².